The van der Waals surface area contributed by atoms with Crippen LogP contribution in [0.2, 0.25) is 0 Å². The minimum atomic E-state index is 0.785. The molecule has 0 aliphatic heterocycles. The van der Waals surface area contributed by atoms with Crippen molar-refractivity contribution < 1.29 is 0 Å². The predicted molar refractivity (Wildman–Crippen MR) is 146 cm³/mol. The lowest BCUT2D eigenvalue weighted by molar-refractivity contribution is 0.435. The molecule has 4 aliphatic rings. The molecule has 4 saturated carbocycles. The van der Waals surface area contributed by atoms with Crippen molar-refractivity contribution in [3.8, 4) is 11.1 Å². The zero-order chi connectivity index (χ0) is 22.7. The van der Waals surface area contributed by atoms with Crippen LogP contribution in [0.1, 0.15) is 162 Å². The number of rotatable bonds is 5. The molecule has 34 heavy (non-hydrogen) atoms. The second kappa shape index (κ2) is 10.6. The highest BCUT2D eigenvalue weighted by molar-refractivity contribution is 5.74. The lowest BCUT2D eigenvalue weighted by Gasteiger charge is -2.29. The standard InChI is InChI=1S/C34H46/c1-3-12-25(13-4-1)29-22-30(26-14-5-2-6-15-26)24-31(23-29)34-32(27-16-7-8-17-27)20-11-21-33(34)28-18-9-10-19-28/h11,20-28H,1-10,12-19H2. The third-order valence-corrected chi connectivity index (χ3v) is 10.1. The van der Waals surface area contributed by atoms with E-state index in [4.69, 9.17) is 0 Å². The van der Waals surface area contributed by atoms with Gasteiger partial charge in [0, 0.05) is 0 Å². The maximum absolute atomic E-state index is 2.69. The molecule has 0 bridgehead atoms. The van der Waals surface area contributed by atoms with Crippen LogP contribution in [0.4, 0.5) is 0 Å². The summed E-state index contributed by atoms with van der Waals surface area (Å²) in [6.07, 6.45) is 25.6. The van der Waals surface area contributed by atoms with Gasteiger partial charge in [-0.05, 0) is 108 Å². The molecule has 0 atom stereocenters. The lowest BCUT2D eigenvalue weighted by Crippen LogP contribution is -2.10. The summed E-state index contributed by atoms with van der Waals surface area (Å²) in [7, 11) is 0. The Bertz CT molecular complexity index is 873. The summed E-state index contributed by atoms with van der Waals surface area (Å²) >= 11 is 0. The van der Waals surface area contributed by atoms with Crippen molar-refractivity contribution >= 4 is 0 Å². The molecule has 0 unspecified atom stereocenters. The highest BCUT2D eigenvalue weighted by atomic mass is 14.3. The van der Waals surface area contributed by atoms with Crippen LogP contribution in [-0.2, 0) is 0 Å². The van der Waals surface area contributed by atoms with E-state index in [1.54, 1.807) is 33.4 Å². The van der Waals surface area contributed by atoms with Gasteiger partial charge in [0.2, 0.25) is 0 Å². The first-order chi connectivity index (χ1) is 16.9. The molecule has 0 heterocycles. The quantitative estimate of drug-likeness (QED) is 0.421. The number of benzene rings is 2. The van der Waals surface area contributed by atoms with Gasteiger partial charge in [-0.2, -0.15) is 0 Å². The first-order valence-electron chi connectivity index (χ1n) is 15.1. The lowest BCUT2D eigenvalue weighted by atomic mass is 9.76. The summed E-state index contributed by atoms with van der Waals surface area (Å²) in [6, 6.07) is 15.5. The Morgan fingerprint density at radius 1 is 0.412 bits per heavy atom. The molecule has 0 radical (unpaired) electrons. The van der Waals surface area contributed by atoms with Gasteiger partial charge < -0.3 is 0 Å². The fourth-order valence-electron chi connectivity index (χ4n) is 8.24. The maximum atomic E-state index is 2.69. The van der Waals surface area contributed by atoms with Gasteiger partial charge in [0.15, 0.2) is 0 Å². The topological polar surface area (TPSA) is 0 Å². The largest absolute Gasteiger partial charge is 0.0617 e. The van der Waals surface area contributed by atoms with Crippen molar-refractivity contribution in [2.24, 2.45) is 0 Å². The molecular formula is C34H46. The molecule has 182 valence electrons. The minimum Gasteiger partial charge on any atom is -0.0617 e. The number of hydrogen-bond donors (Lipinski definition) is 0. The van der Waals surface area contributed by atoms with E-state index in [1.165, 1.54) is 116 Å². The molecule has 0 aromatic heterocycles. The molecule has 0 heteroatoms. The van der Waals surface area contributed by atoms with Gasteiger partial charge in [-0.3, -0.25) is 0 Å². The van der Waals surface area contributed by atoms with Crippen LogP contribution < -0.4 is 0 Å². The second-order valence-electron chi connectivity index (χ2n) is 12.3. The maximum Gasteiger partial charge on any atom is -0.0114 e. The monoisotopic (exact) mass is 454 g/mol. The van der Waals surface area contributed by atoms with Crippen molar-refractivity contribution in [1.82, 2.24) is 0 Å². The van der Waals surface area contributed by atoms with Crippen LogP contribution in [0.3, 0.4) is 0 Å². The van der Waals surface area contributed by atoms with Crippen LogP contribution in [0.25, 0.3) is 11.1 Å². The minimum absolute atomic E-state index is 0.785. The second-order valence-corrected chi connectivity index (χ2v) is 12.3. The van der Waals surface area contributed by atoms with Crippen LogP contribution in [0.5, 0.6) is 0 Å². The summed E-state index contributed by atoms with van der Waals surface area (Å²) in [5.41, 5.74) is 10.1. The highest BCUT2D eigenvalue weighted by Crippen LogP contribution is 2.47. The summed E-state index contributed by atoms with van der Waals surface area (Å²) in [5.74, 6) is 3.16. The molecule has 0 N–H and O–H groups in total. The Balaban J connectivity index is 1.49. The molecule has 6 rings (SSSR count). The molecule has 4 fully saturated rings. The Morgan fingerprint density at radius 2 is 0.794 bits per heavy atom. The first-order valence-corrected chi connectivity index (χ1v) is 15.1. The van der Waals surface area contributed by atoms with Crippen molar-refractivity contribution in [3.05, 3.63) is 58.7 Å². The zero-order valence-electron chi connectivity index (χ0n) is 21.5. The molecular weight excluding hydrogens is 408 g/mol. The summed E-state index contributed by atoms with van der Waals surface area (Å²) in [5, 5.41) is 0. The van der Waals surface area contributed by atoms with Crippen molar-refractivity contribution in [3.63, 3.8) is 0 Å². The van der Waals surface area contributed by atoms with Crippen molar-refractivity contribution in [2.45, 2.75) is 139 Å². The summed E-state index contributed by atoms with van der Waals surface area (Å²) in [6.45, 7) is 0. The van der Waals surface area contributed by atoms with E-state index in [9.17, 15) is 0 Å². The molecule has 0 amide bonds. The van der Waals surface area contributed by atoms with Crippen LogP contribution in [0, 0.1) is 0 Å². The average Bonchev–Trinajstić information content (AvgIpc) is 3.64. The van der Waals surface area contributed by atoms with Crippen LogP contribution in [-0.4, -0.2) is 0 Å². The SMILES string of the molecule is c1cc(C2CCCC2)c(-c2cc(C3CCCCC3)cc(C3CCCCC3)c2)c(C2CCCC2)c1. The van der Waals surface area contributed by atoms with Gasteiger partial charge in [0.05, 0.1) is 0 Å². The Hall–Kier alpha value is -1.56. The van der Waals surface area contributed by atoms with E-state index >= 15 is 0 Å². The van der Waals surface area contributed by atoms with Gasteiger partial charge >= 0.3 is 0 Å². The van der Waals surface area contributed by atoms with E-state index < -0.39 is 0 Å². The molecule has 2 aromatic carbocycles. The van der Waals surface area contributed by atoms with E-state index in [1.807, 2.05) is 0 Å². The fraction of sp³-hybridized carbons (Fsp3) is 0.647. The van der Waals surface area contributed by atoms with E-state index in [-0.39, 0.29) is 0 Å². The van der Waals surface area contributed by atoms with E-state index in [0.717, 1.165) is 23.7 Å². The van der Waals surface area contributed by atoms with Crippen LogP contribution in [0.15, 0.2) is 36.4 Å². The third kappa shape index (κ3) is 4.76. The molecule has 0 saturated heterocycles. The van der Waals surface area contributed by atoms with Gasteiger partial charge in [-0.25, -0.2) is 0 Å². The van der Waals surface area contributed by atoms with Crippen molar-refractivity contribution in [2.75, 3.05) is 0 Å². The van der Waals surface area contributed by atoms with Gasteiger partial charge in [-0.1, -0.05) is 101 Å². The third-order valence-electron chi connectivity index (χ3n) is 10.1. The normalized spacial score (nSPS) is 23.6. The molecule has 2 aromatic rings. The van der Waals surface area contributed by atoms with Crippen LogP contribution >= 0.6 is 0 Å². The molecule has 0 spiro atoms. The summed E-state index contributed by atoms with van der Waals surface area (Å²) < 4.78 is 0. The Labute approximate surface area is 208 Å². The van der Waals surface area contributed by atoms with E-state index in [2.05, 4.69) is 36.4 Å². The van der Waals surface area contributed by atoms with Crippen molar-refractivity contribution in [1.29, 1.82) is 0 Å². The van der Waals surface area contributed by atoms with Gasteiger partial charge in [0.1, 0.15) is 0 Å². The summed E-state index contributed by atoms with van der Waals surface area (Å²) in [4.78, 5) is 0. The zero-order valence-corrected chi connectivity index (χ0v) is 21.5. The molecule has 4 aliphatic carbocycles. The number of hydrogen-bond acceptors (Lipinski definition) is 0. The van der Waals surface area contributed by atoms with E-state index in [0.29, 0.717) is 0 Å². The first kappa shape index (κ1) is 22.9. The smallest absolute Gasteiger partial charge is 0.0114 e. The fourth-order valence-corrected chi connectivity index (χ4v) is 8.24. The molecule has 0 nitrogen and oxygen atoms in total. The Morgan fingerprint density at radius 3 is 1.24 bits per heavy atom. The average molecular weight is 455 g/mol. The Kier molecular flexibility index (Phi) is 7.13. The predicted octanol–water partition coefficient (Wildman–Crippen LogP) is 10.8. The van der Waals surface area contributed by atoms with Gasteiger partial charge in [0.25, 0.3) is 0 Å². The highest BCUT2D eigenvalue weighted by Gasteiger charge is 2.28. The van der Waals surface area contributed by atoms with Gasteiger partial charge in [-0.15, -0.1) is 0 Å².